The van der Waals surface area contributed by atoms with E-state index in [1.165, 1.54) is 26.0 Å². The fraction of sp³-hybridized carbons (Fsp3) is 0.185. The molecule has 0 bridgehead atoms. The van der Waals surface area contributed by atoms with Gasteiger partial charge < -0.3 is 5.32 Å². The van der Waals surface area contributed by atoms with Gasteiger partial charge in [-0.25, -0.2) is 9.78 Å². The lowest BCUT2D eigenvalue weighted by Crippen LogP contribution is -2.41. The number of benzene rings is 2. The summed E-state index contributed by atoms with van der Waals surface area (Å²) >= 11 is 1.25. The van der Waals surface area contributed by atoms with E-state index in [0.29, 0.717) is 32.5 Å². The number of thiophene rings is 1. The number of pyridine rings is 1. The van der Waals surface area contributed by atoms with Crippen LogP contribution in [0.1, 0.15) is 18.1 Å². The maximum absolute atomic E-state index is 13.6. The zero-order chi connectivity index (χ0) is 24.4. The minimum absolute atomic E-state index is 0.211. The van der Waals surface area contributed by atoms with E-state index in [1.807, 2.05) is 60.7 Å². The van der Waals surface area contributed by atoms with Crippen molar-refractivity contribution in [1.29, 1.82) is 0 Å². The Morgan fingerprint density at radius 2 is 1.71 bits per heavy atom. The summed E-state index contributed by atoms with van der Waals surface area (Å²) < 4.78 is 3.05. The van der Waals surface area contributed by atoms with E-state index in [0.717, 1.165) is 12.0 Å². The van der Waals surface area contributed by atoms with E-state index < -0.39 is 5.69 Å². The molecule has 8 heteroatoms. The monoisotopic (exact) mass is 484 g/mol. The van der Waals surface area contributed by atoms with Gasteiger partial charge in [0.1, 0.15) is 16.1 Å². The molecule has 0 aliphatic carbocycles. The average molecular weight is 485 g/mol. The molecule has 0 unspecified atom stereocenters. The van der Waals surface area contributed by atoms with Crippen LogP contribution in [-0.2, 0) is 30.7 Å². The Hall–Kier alpha value is -4.04. The summed E-state index contributed by atoms with van der Waals surface area (Å²) in [6, 6.07) is 20.9. The summed E-state index contributed by atoms with van der Waals surface area (Å²) in [5.41, 5.74) is 2.46. The van der Waals surface area contributed by atoms with Crippen molar-refractivity contribution in [3.63, 3.8) is 0 Å². The molecule has 0 fully saturated rings. The Labute approximate surface area is 205 Å². The number of nitrogens with one attached hydrogen (secondary N) is 1. The topological polar surface area (TPSA) is 86.0 Å². The second kappa shape index (κ2) is 9.68. The zero-order valence-corrected chi connectivity index (χ0v) is 20.0. The maximum Gasteiger partial charge on any atom is 0.332 e. The van der Waals surface area contributed by atoms with Crippen LogP contribution in [0.3, 0.4) is 0 Å². The number of anilines is 1. The molecule has 0 atom stereocenters. The largest absolute Gasteiger partial charge is 0.332 e. The third-order valence-electron chi connectivity index (χ3n) is 6.03. The number of carbonyl (C=O) groups is 1. The first-order valence-electron chi connectivity index (χ1n) is 11.5. The molecule has 0 aliphatic heterocycles. The van der Waals surface area contributed by atoms with E-state index in [9.17, 15) is 14.4 Å². The molecule has 1 N–H and O–H groups in total. The smallest absolute Gasteiger partial charge is 0.325 e. The van der Waals surface area contributed by atoms with Gasteiger partial charge in [-0.15, -0.1) is 11.3 Å². The van der Waals surface area contributed by atoms with E-state index >= 15 is 0 Å². The van der Waals surface area contributed by atoms with Gasteiger partial charge in [-0.2, -0.15) is 0 Å². The fourth-order valence-corrected chi connectivity index (χ4v) is 5.28. The summed E-state index contributed by atoms with van der Waals surface area (Å²) in [5, 5.41) is 3.56. The van der Waals surface area contributed by atoms with Gasteiger partial charge in [-0.3, -0.25) is 18.7 Å². The number of hydrogen-bond acceptors (Lipinski definition) is 5. The summed E-state index contributed by atoms with van der Waals surface area (Å²) in [5.74, 6) is -0.339. The van der Waals surface area contributed by atoms with Crippen LogP contribution in [-0.4, -0.2) is 20.0 Å². The molecule has 0 spiro atoms. The van der Waals surface area contributed by atoms with Gasteiger partial charge in [0.15, 0.2) is 0 Å². The third-order valence-corrected chi connectivity index (χ3v) is 7.12. The predicted octanol–water partition coefficient (Wildman–Crippen LogP) is 4.22. The number of aromatic nitrogens is 3. The highest BCUT2D eigenvalue weighted by Gasteiger charge is 2.20. The normalized spacial score (nSPS) is 11.2. The van der Waals surface area contributed by atoms with Crippen molar-refractivity contribution in [2.24, 2.45) is 0 Å². The Kier molecular flexibility index (Phi) is 6.29. The summed E-state index contributed by atoms with van der Waals surface area (Å²) in [4.78, 5) is 45.0. The van der Waals surface area contributed by atoms with Crippen LogP contribution in [0.5, 0.6) is 0 Å². The maximum atomic E-state index is 13.6. The number of aryl methyl sites for hydroxylation is 2. The minimum atomic E-state index is -0.501. The summed E-state index contributed by atoms with van der Waals surface area (Å²) in [6.07, 6.45) is 3.09. The third kappa shape index (κ3) is 4.52. The molecule has 0 saturated heterocycles. The highest BCUT2D eigenvalue weighted by Crippen LogP contribution is 2.29. The van der Waals surface area contributed by atoms with Crippen LogP contribution in [0.4, 0.5) is 5.69 Å². The van der Waals surface area contributed by atoms with Crippen LogP contribution in [0.25, 0.3) is 20.4 Å². The molecule has 35 heavy (non-hydrogen) atoms. The lowest BCUT2D eigenvalue weighted by molar-refractivity contribution is -0.116. The number of amides is 1. The molecule has 0 aliphatic rings. The van der Waals surface area contributed by atoms with Crippen molar-refractivity contribution in [1.82, 2.24) is 14.1 Å². The van der Waals surface area contributed by atoms with Gasteiger partial charge in [-0.05, 0) is 48.2 Å². The van der Waals surface area contributed by atoms with Crippen molar-refractivity contribution < 1.29 is 4.79 Å². The molecule has 1 amide bonds. The lowest BCUT2D eigenvalue weighted by atomic mass is 10.1. The van der Waals surface area contributed by atoms with Gasteiger partial charge in [0.05, 0.1) is 5.52 Å². The van der Waals surface area contributed by atoms with Crippen LogP contribution in [0.15, 0.2) is 82.5 Å². The highest BCUT2D eigenvalue weighted by atomic mass is 32.1. The van der Waals surface area contributed by atoms with Gasteiger partial charge >= 0.3 is 5.69 Å². The van der Waals surface area contributed by atoms with E-state index in [1.54, 1.807) is 12.3 Å². The molecule has 3 aromatic heterocycles. The lowest BCUT2D eigenvalue weighted by Gasteiger charge is -2.13. The van der Waals surface area contributed by atoms with Gasteiger partial charge in [-0.1, -0.05) is 49.4 Å². The zero-order valence-electron chi connectivity index (χ0n) is 19.2. The van der Waals surface area contributed by atoms with E-state index in [-0.39, 0.29) is 24.6 Å². The molecule has 5 aromatic rings. The average Bonchev–Trinajstić information content (AvgIpc) is 3.27. The molecule has 0 saturated carbocycles. The van der Waals surface area contributed by atoms with Crippen molar-refractivity contribution in [3.8, 4) is 0 Å². The summed E-state index contributed by atoms with van der Waals surface area (Å²) in [6.45, 7) is 2.08. The molecule has 0 radical (unpaired) electrons. The first-order valence-corrected chi connectivity index (χ1v) is 12.3. The van der Waals surface area contributed by atoms with Gasteiger partial charge in [0.2, 0.25) is 5.91 Å². The number of carbonyl (C=O) groups excluding carboxylic acids is 1. The second-order valence-corrected chi connectivity index (χ2v) is 9.29. The van der Waals surface area contributed by atoms with Crippen LogP contribution in [0, 0.1) is 0 Å². The number of fused-ring (bicyclic) bond motifs is 3. The minimum Gasteiger partial charge on any atom is -0.325 e. The predicted molar refractivity (Wildman–Crippen MR) is 140 cm³/mol. The number of nitrogens with zero attached hydrogens (tertiary/aromatic N) is 3. The Morgan fingerprint density at radius 3 is 2.46 bits per heavy atom. The summed E-state index contributed by atoms with van der Waals surface area (Å²) in [7, 11) is 0. The number of hydrogen-bond donors (Lipinski definition) is 1. The molecular formula is C27H24N4O3S. The Morgan fingerprint density at radius 1 is 0.943 bits per heavy atom. The fourth-order valence-electron chi connectivity index (χ4n) is 4.18. The Bertz CT molecular complexity index is 1630. The van der Waals surface area contributed by atoms with Crippen LogP contribution < -0.4 is 16.6 Å². The molecule has 2 aromatic carbocycles. The number of rotatable bonds is 7. The molecular weight excluding hydrogens is 460 g/mol. The molecule has 7 nitrogen and oxygen atoms in total. The highest BCUT2D eigenvalue weighted by molar-refractivity contribution is 7.25. The van der Waals surface area contributed by atoms with Crippen molar-refractivity contribution in [2.45, 2.75) is 32.9 Å². The second-order valence-electron chi connectivity index (χ2n) is 8.30. The van der Waals surface area contributed by atoms with E-state index in [2.05, 4.69) is 17.2 Å². The van der Waals surface area contributed by atoms with Gasteiger partial charge in [0.25, 0.3) is 5.56 Å². The van der Waals surface area contributed by atoms with Crippen LogP contribution >= 0.6 is 11.3 Å². The first-order chi connectivity index (χ1) is 17.0. The molecule has 176 valence electrons. The van der Waals surface area contributed by atoms with Gasteiger partial charge in [0, 0.05) is 23.8 Å². The van der Waals surface area contributed by atoms with E-state index in [4.69, 9.17) is 0 Å². The van der Waals surface area contributed by atoms with Crippen molar-refractivity contribution in [2.75, 3.05) is 5.32 Å². The quantitative estimate of drug-likeness (QED) is 0.375. The first kappa shape index (κ1) is 22.7. The molecule has 3 heterocycles. The Balaban J connectivity index is 1.56. The van der Waals surface area contributed by atoms with Crippen molar-refractivity contribution >= 4 is 43.4 Å². The standard InChI is InChI=1S/C27H24N4O3S/c1-2-18-10-12-20(13-11-18)29-22(32)17-31-23-21-9-6-15-28-25(21)35-24(23)26(33)30(27(31)34)16-14-19-7-4-3-5-8-19/h3-13,15H,2,14,16-17H2,1H3,(H,29,32). The molecule has 5 rings (SSSR count). The van der Waals surface area contributed by atoms with Crippen LogP contribution in [0.2, 0.25) is 0 Å². The SMILES string of the molecule is CCc1ccc(NC(=O)Cn2c(=O)n(CCc3ccccc3)c(=O)c3sc4ncccc4c32)cc1. The van der Waals surface area contributed by atoms with Crippen molar-refractivity contribution in [3.05, 3.63) is 105 Å².